The molecule has 0 saturated heterocycles. The predicted octanol–water partition coefficient (Wildman–Crippen LogP) is 6.73. The number of fused-ring (bicyclic) bond motifs is 1. The molecule has 2 heterocycles. The molecule has 0 amide bonds. The van der Waals surface area contributed by atoms with Gasteiger partial charge in [-0.05, 0) is 85.5 Å². The summed E-state index contributed by atoms with van der Waals surface area (Å²) in [5, 5.41) is 10.5. The molecule has 0 radical (unpaired) electrons. The average Bonchev–Trinajstić information content (AvgIpc) is 3.66. The molecule has 2 aliphatic rings. The number of pyridine rings is 1. The van der Waals surface area contributed by atoms with Crippen LogP contribution in [0.25, 0.3) is 0 Å². The van der Waals surface area contributed by atoms with Gasteiger partial charge in [0, 0.05) is 28.9 Å². The van der Waals surface area contributed by atoms with Crippen molar-refractivity contribution in [2.45, 2.75) is 12.8 Å². The van der Waals surface area contributed by atoms with E-state index in [2.05, 4.69) is 9.88 Å². The third-order valence-electron chi connectivity index (χ3n) is 6.61. The number of rotatable bonds is 9. The van der Waals surface area contributed by atoms with E-state index in [0.717, 1.165) is 17.9 Å². The number of hydrogen-bond acceptors (Lipinski definition) is 7. The Morgan fingerprint density at radius 1 is 0.949 bits per heavy atom. The molecule has 6 rings (SSSR count). The van der Waals surface area contributed by atoms with Crippen molar-refractivity contribution in [1.29, 1.82) is 0 Å². The second kappa shape index (κ2) is 10.3. The Bertz CT molecular complexity index is 1550. The Hall–Kier alpha value is -4.56. The molecule has 0 unspecified atom stereocenters. The summed E-state index contributed by atoms with van der Waals surface area (Å²) in [5.41, 5.74) is 2.12. The minimum Gasteiger partial charge on any atom is -0.478 e. The summed E-state index contributed by atoms with van der Waals surface area (Å²) >= 11 is 6.07. The lowest BCUT2D eigenvalue weighted by Gasteiger charge is -2.25. The SMILES string of the molecule is O=C(c1ccc(Oc2ccc3c(c2)OCO3)c(C(=O)O)c1)c1ccc(N(CC2CC2)c2ccc(Cl)cc2)cn1. The van der Waals surface area contributed by atoms with Crippen LogP contribution in [-0.2, 0) is 0 Å². The molecule has 196 valence electrons. The van der Waals surface area contributed by atoms with Gasteiger partial charge in [-0.3, -0.25) is 9.78 Å². The van der Waals surface area contributed by atoms with Gasteiger partial charge in [-0.1, -0.05) is 11.6 Å². The lowest BCUT2D eigenvalue weighted by Crippen LogP contribution is -2.20. The highest BCUT2D eigenvalue weighted by atomic mass is 35.5. The van der Waals surface area contributed by atoms with Crippen LogP contribution in [-0.4, -0.2) is 35.2 Å². The van der Waals surface area contributed by atoms with Crippen molar-refractivity contribution in [3.05, 3.63) is 101 Å². The molecular weight excluding hydrogens is 520 g/mol. The topological polar surface area (TPSA) is 98.2 Å². The Labute approximate surface area is 229 Å². The number of ether oxygens (including phenoxy) is 3. The normalized spacial score (nSPS) is 13.7. The minimum atomic E-state index is -1.22. The van der Waals surface area contributed by atoms with Crippen LogP contribution in [0.1, 0.15) is 39.3 Å². The molecule has 3 aromatic carbocycles. The van der Waals surface area contributed by atoms with Crippen LogP contribution in [0, 0.1) is 5.92 Å². The molecule has 1 saturated carbocycles. The number of benzene rings is 3. The number of carbonyl (C=O) groups is 2. The van der Waals surface area contributed by atoms with E-state index in [1.807, 2.05) is 30.3 Å². The number of carbonyl (C=O) groups excluding carboxylic acids is 1. The van der Waals surface area contributed by atoms with E-state index in [9.17, 15) is 14.7 Å². The van der Waals surface area contributed by atoms with E-state index >= 15 is 0 Å². The van der Waals surface area contributed by atoms with Crippen LogP contribution >= 0.6 is 11.6 Å². The van der Waals surface area contributed by atoms with E-state index in [1.165, 1.54) is 31.0 Å². The number of ketones is 1. The smallest absolute Gasteiger partial charge is 0.339 e. The molecule has 4 aromatic rings. The fraction of sp³-hybridized carbons (Fsp3) is 0.167. The van der Waals surface area contributed by atoms with Gasteiger partial charge in [0.2, 0.25) is 12.6 Å². The summed E-state index contributed by atoms with van der Waals surface area (Å²) in [5.74, 6) is 0.590. The maximum Gasteiger partial charge on any atom is 0.339 e. The highest BCUT2D eigenvalue weighted by molar-refractivity contribution is 6.30. The van der Waals surface area contributed by atoms with E-state index in [1.54, 1.807) is 30.5 Å². The maximum atomic E-state index is 13.2. The second-order valence-electron chi connectivity index (χ2n) is 9.39. The zero-order valence-electron chi connectivity index (χ0n) is 20.7. The average molecular weight is 543 g/mol. The summed E-state index contributed by atoms with van der Waals surface area (Å²) in [7, 11) is 0. The van der Waals surface area contributed by atoms with Gasteiger partial charge >= 0.3 is 5.97 Å². The van der Waals surface area contributed by atoms with Gasteiger partial charge in [0.25, 0.3) is 0 Å². The molecule has 39 heavy (non-hydrogen) atoms. The summed E-state index contributed by atoms with van der Waals surface area (Å²) < 4.78 is 16.5. The molecule has 1 aliphatic carbocycles. The first-order valence-corrected chi connectivity index (χ1v) is 12.8. The van der Waals surface area contributed by atoms with Crippen LogP contribution in [0.5, 0.6) is 23.0 Å². The molecule has 9 heteroatoms. The molecule has 1 fully saturated rings. The van der Waals surface area contributed by atoms with Gasteiger partial charge < -0.3 is 24.2 Å². The molecule has 0 spiro atoms. The van der Waals surface area contributed by atoms with Crippen LogP contribution < -0.4 is 19.1 Å². The number of nitrogens with zero attached hydrogens (tertiary/aromatic N) is 2. The number of carboxylic acids is 1. The highest BCUT2D eigenvalue weighted by Crippen LogP contribution is 2.38. The number of anilines is 2. The fourth-order valence-corrected chi connectivity index (χ4v) is 4.49. The van der Waals surface area contributed by atoms with Crippen molar-refractivity contribution < 1.29 is 28.9 Å². The Morgan fingerprint density at radius 3 is 2.44 bits per heavy atom. The zero-order chi connectivity index (χ0) is 26.9. The highest BCUT2D eigenvalue weighted by Gasteiger charge is 2.26. The summed E-state index contributed by atoms with van der Waals surface area (Å²) in [6.07, 6.45) is 4.04. The fourth-order valence-electron chi connectivity index (χ4n) is 4.36. The Kier molecular flexibility index (Phi) is 6.54. The van der Waals surface area contributed by atoms with Crippen molar-refractivity contribution in [3.8, 4) is 23.0 Å². The maximum absolute atomic E-state index is 13.2. The second-order valence-corrected chi connectivity index (χ2v) is 9.83. The standard InChI is InChI=1S/C30H23ClN2O6/c31-20-4-6-21(7-5-20)33(16-18-1-2-18)22-8-10-25(32-15-22)29(34)19-3-11-26(24(13-19)30(35)36)39-23-9-12-27-28(14-23)38-17-37-27/h3-15,18H,1-2,16-17H2,(H,35,36). The van der Waals surface area contributed by atoms with Gasteiger partial charge in [-0.25, -0.2) is 4.79 Å². The van der Waals surface area contributed by atoms with Gasteiger partial charge in [-0.2, -0.15) is 0 Å². The van der Waals surface area contributed by atoms with Gasteiger partial charge in [0.05, 0.1) is 11.9 Å². The van der Waals surface area contributed by atoms with Gasteiger partial charge in [-0.15, -0.1) is 0 Å². The van der Waals surface area contributed by atoms with E-state index < -0.39 is 5.97 Å². The first-order valence-electron chi connectivity index (χ1n) is 12.4. The largest absolute Gasteiger partial charge is 0.478 e. The van der Waals surface area contributed by atoms with Crippen molar-refractivity contribution >= 4 is 34.7 Å². The predicted molar refractivity (Wildman–Crippen MR) is 145 cm³/mol. The third kappa shape index (κ3) is 5.37. The lowest BCUT2D eigenvalue weighted by atomic mass is 10.0. The quantitative estimate of drug-likeness (QED) is 0.232. The lowest BCUT2D eigenvalue weighted by molar-refractivity contribution is 0.0694. The molecule has 1 aliphatic heterocycles. The number of halogens is 1. The Balaban J connectivity index is 1.23. The summed E-state index contributed by atoms with van der Waals surface area (Å²) in [6, 6.07) is 20.4. The zero-order valence-corrected chi connectivity index (χ0v) is 21.4. The first kappa shape index (κ1) is 24.8. The third-order valence-corrected chi connectivity index (χ3v) is 6.86. The van der Waals surface area contributed by atoms with E-state index in [4.69, 9.17) is 25.8 Å². The number of aromatic carboxylic acids is 1. The molecule has 1 N–H and O–H groups in total. The van der Waals surface area contributed by atoms with Gasteiger partial charge in [0.1, 0.15) is 22.8 Å². The first-order chi connectivity index (χ1) is 18.9. The molecule has 0 bridgehead atoms. The molecule has 1 aromatic heterocycles. The van der Waals surface area contributed by atoms with Crippen molar-refractivity contribution in [3.63, 3.8) is 0 Å². The molecule has 8 nitrogen and oxygen atoms in total. The van der Waals surface area contributed by atoms with Crippen molar-refractivity contribution in [2.75, 3.05) is 18.2 Å². The van der Waals surface area contributed by atoms with E-state index in [-0.39, 0.29) is 35.1 Å². The monoisotopic (exact) mass is 542 g/mol. The van der Waals surface area contributed by atoms with Crippen LogP contribution in [0.2, 0.25) is 5.02 Å². The molecule has 0 atom stereocenters. The number of carboxylic acid groups (broad SMARTS) is 1. The van der Waals surface area contributed by atoms with Crippen LogP contribution in [0.15, 0.2) is 79.0 Å². The summed E-state index contributed by atoms with van der Waals surface area (Å²) in [6.45, 7) is 0.966. The minimum absolute atomic E-state index is 0.0971. The van der Waals surface area contributed by atoms with Crippen molar-refractivity contribution in [2.24, 2.45) is 5.92 Å². The van der Waals surface area contributed by atoms with Gasteiger partial charge in [0.15, 0.2) is 11.5 Å². The van der Waals surface area contributed by atoms with Crippen LogP contribution in [0.4, 0.5) is 11.4 Å². The number of aromatic nitrogens is 1. The molecular formula is C30H23ClN2O6. The Morgan fingerprint density at radius 2 is 1.72 bits per heavy atom. The van der Waals surface area contributed by atoms with Crippen molar-refractivity contribution in [1.82, 2.24) is 4.98 Å². The summed E-state index contributed by atoms with van der Waals surface area (Å²) in [4.78, 5) is 31.8. The van der Waals surface area contributed by atoms with Crippen LogP contribution in [0.3, 0.4) is 0 Å². The van der Waals surface area contributed by atoms with E-state index in [0.29, 0.717) is 28.2 Å². The number of hydrogen-bond donors (Lipinski definition) is 1.